The summed E-state index contributed by atoms with van der Waals surface area (Å²) in [7, 11) is 0. The molecular formula is C8H2BrF4N. The van der Waals surface area contributed by atoms with Crippen molar-refractivity contribution in [2.45, 2.75) is 6.18 Å². The summed E-state index contributed by atoms with van der Waals surface area (Å²) in [6.07, 6.45) is -4.78. The number of benzene rings is 1. The van der Waals surface area contributed by atoms with Gasteiger partial charge in [0.2, 0.25) is 0 Å². The Morgan fingerprint density at radius 2 is 1.86 bits per heavy atom. The molecule has 0 unspecified atom stereocenters. The molecule has 0 N–H and O–H groups in total. The molecule has 6 heteroatoms. The van der Waals surface area contributed by atoms with Gasteiger partial charge in [0.05, 0.1) is 11.1 Å². The number of hydrogen-bond donors (Lipinski definition) is 0. The molecule has 1 aromatic carbocycles. The number of rotatable bonds is 0. The van der Waals surface area contributed by atoms with Crippen LogP contribution in [0.4, 0.5) is 17.6 Å². The highest BCUT2D eigenvalue weighted by Gasteiger charge is 2.34. The third-order valence-electron chi connectivity index (χ3n) is 1.48. The lowest BCUT2D eigenvalue weighted by molar-refractivity contribution is -0.140. The molecule has 0 spiro atoms. The molecule has 1 rings (SSSR count). The first kappa shape index (κ1) is 11.0. The maximum absolute atomic E-state index is 12.8. The smallest absolute Gasteiger partial charge is 0.206 e. The molecule has 0 aliphatic heterocycles. The lowest BCUT2D eigenvalue weighted by Crippen LogP contribution is -2.08. The molecule has 1 nitrogen and oxygen atoms in total. The van der Waals surface area contributed by atoms with Crippen molar-refractivity contribution in [3.63, 3.8) is 0 Å². The molecule has 0 bridgehead atoms. The van der Waals surface area contributed by atoms with Gasteiger partial charge >= 0.3 is 6.18 Å². The third kappa shape index (κ3) is 2.04. The Kier molecular flexibility index (Phi) is 2.81. The lowest BCUT2D eigenvalue weighted by Gasteiger charge is -2.08. The number of nitriles is 1. The quantitative estimate of drug-likeness (QED) is 0.661. The molecule has 0 aromatic heterocycles. The summed E-state index contributed by atoms with van der Waals surface area (Å²) in [6, 6.07) is 2.62. The van der Waals surface area contributed by atoms with E-state index in [1.165, 1.54) is 6.07 Å². The van der Waals surface area contributed by atoms with Gasteiger partial charge in [-0.1, -0.05) is 0 Å². The van der Waals surface area contributed by atoms with E-state index in [1.807, 2.05) is 0 Å². The molecule has 0 saturated heterocycles. The van der Waals surface area contributed by atoms with E-state index < -0.39 is 17.6 Å². The predicted octanol–water partition coefficient (Wildman–Crippen LogP) is 3.48. The Balaban J connectivity index is 3.41. The van der Waals surface area contributed by atoms with Gasteiger partial charge in [0.1, 0.15) is 11.9 Å². The van der Waals surface area contributed by atoms with Crippen LogP contribution in [0.15, 0.2) is 16.6 Å². The van der Waals surface area contributed by atoms with Crippen LogP contribution in [0.2, 0.25) is 0 Å². The predicted molar refractivity (Wildman–Crippen MR) is 43.8 cm³/mol. The Labute approximate surface area is 85.1 Å². The maximum atomic E-state index is 12.8. The van der Waals surface area contributed by atoms with Crippen molar-refractivity contribution in [2.75, 3.05) is 0 Å². The molecule has 14 heavy (non-hydrogen) atoms. The summed E-state index contributed by atoms with van der Waals surface area (Å²) >= 11 is 2.78. The first-order valence-electron chi connectivity index (χ1n) is 3.32. The fourth-order valence-electron chi connectivity index (χ4n) is 0.852. The molecule has 0 radical (unpaired) electrons. The first-order valence-corrected chi connectivity index (χ1v) is 4.12. The van der Waals surface area contributed by atoms with Crippen LogP contribution in [-0.2, 0) is 6.18 Å². The highest BCUT2D eigenvalue weighted by atomic mass is 79.9. The maximum Gasteiger partial charge on any atom is 0.419 e. The van der Waals surface area contributed by atoms with Gasteiger partial charge in [-0.25, -0.2) is 4.39 Å². The van der Waals surface area contributed by atoms with Crippen LogP contribution >= 0.6 is 15.9 Å². The van der Waals surface area contributed by atoms with Gasteiger partial charge in [0, 0.05) is 4.47 Å². The fourth-order valence-corrected chi connectivity index (χ4v) is 1.26. The SMILES string of the molecule is N#Cc1cc(C(F)(F)F)c(F)cc1Br. The van der Waals surface area contributed by atoms with Gasteiger partial charge in [-0.05, 0) is 28.1 Å². The van der Waals surface area contributed by atoms with E-state index in [0.717, 1.165) is 0 Å². The third-order valence-corrected chi connectivity index (χ3v) is 2.14. The van der Waals surface area contributed by atoms with Gasteiger partial charge in [-0.2, -0.15) is 18.4 Å². The van der Waals surface area contributed by atoms with E-state index >= 15 is 0 Å². The van der Waals surface area contributed by atoms with Crippen LogP contribution in [0.25, 0.3) is 0 Å². The summed E-state index contributed by atoms with van der Waals surface area (Å²) in [6.45, 7) is 0. The van der Waals surface area contributed by atoms with Crippen molar-refractivity contribution in [3.05, 3.63) is 33.5 Å². The standard InChI is InChI=1S/C8H2BrF4N/c9-6-2-7(10)5(8(11,12)13)1-4(6)3-14/h1-2H. The Bertz CT molecular complexity index is 405. The zero-order valence-electron chi connectivity index (χ0n) is 6.49. The van der Waals surface area contributed by atoms with E-state index in [0.29, 0.717) is 12.1 Å². The zero-order chi connectivity index (χ0) is 10.9. The van der Waals surface area contributed by atoms with Gasteiger partial charge in [0.15, 0.2) is 0 Å². The summed E-state index contributed by atoms with van der Waals surface area (Å²) in [5, 5.41) is 8.43. The van der Waals surface area contributed by atoms with Gasteiger partial charge in [-0.3, -0.25) is 0 Å². The second-order valence-electron chi connectivity index (χ2n) is 2.42. The highest BCUT2D eigenvalue weighted by molar-refractivity contribution is 9.10. The summed E-state index contributed by atoms with van der Waals surface area (Å²) in [4.78, 5) is 0. The van der Waals surface area contributed by atoms with Gasteiger partial charge < -0.3 is 0 Å². The number of halogens is 5. The monoisotopic (exact) mass is 267 g/mol. The van der Waals surface area contributed by atoms with Gasteiger partial charge in [-0.15, -0.1) is 0 Å². The molecule has 0 saturated carbocycles. The van der Waals surface area contributed by atoms with E-state index in [9.17, 15) is 17.6 Å². The molecule has 1 aromatic rings. The normalized spacial score (nSPS) is 11.1. The molecule has 0 aliphatic carbocycles. The Morgan fingerprint density at radius 3 is 2.29 bits per heavy atom. The molecule has 74 valence electrons. The second-order valence-corrected chi connectivity index (χ2v) is 3.28. The van der Waals surface area contributed by atoms with E-state index in [2.05, 4.69) is 15.9 Å². The topological polar surface area (TPSA) is 23.8 Å². The van der Waals surface area contributed by atoms with Crippen LogP contribution in [0.3, 0.4) is 0 Å². The van der Waals surface area contributed by atoms with Crippen molar-refractivity contribution in [3.8, 4) is 6.07 Å². The Hall–Kier alpha value is -1.09. The largest absolute Gasteiger partial charge is 0.419 e. The van der Waals surface area contributed by atoms with Crippen LogP contribution < -0.4 is 0 Å². The van der Waals surface area contributed by atoms with Crippen molar-refractivity contribution < 1.29 is 17.6 Å². The summed E-state index contributed by atoms with van der Waals surface area (Å²) < 4.78 is 49.2. The molecule has 0 atom stereocenters. The highest BCUT2D eigenvalue weighted by Crippen LogP contribution is 2.33. The van der Waals surface area contributed by atoms with Crippen molar-refractivity contribution in [2.24, 2.45) is 0 Å². The average Bonchev–Trinajstić information content (AvgIpc) is 2.02. The van der Waals surface area contributed by atoms with Crippen LogP contribution in [-0.4, -0.2) is 0 Å². The minimum absolute atomic E-state index is 0.00509. The zero-order valence-corrected chi connectivity index (χ0v) is 8.08. The number of hydrogen-bond acceptors (Lipinski definition) is 1. The number of alkyl halides is 3. The van der Waals surface area contributed by atoms with Gasteiger partial charge in [0.25, 0.3) is 0 Å². The second kappa shape index (κ2) is 3.58. The fraction of sp³-hybridized carbons (Fsp3) is 0.125. The average molecular weight is 268 g/mol. The first-order chi connectivity index (χ1) is 6.36. The van der Waals surface area contributed by atoms with E-state index in [-0.39, 0.29) is 10.0 Å². The summed E-state index contributed by atoms with van der Waals surface area (Å²) in [5.41, 5.74) is -1.68. The van der Waals surface area contributed by atoms with Crippen LogP contribution in [0.5, 0.6) is 0 Å². The summed E-state index contributed by atoms with van der Waals surface area (Å²) in [5.74, 6) is -1.40. The lowest BCUT2D eigenvalue weighted by atomic mass is 10.1. The number of nitrogens with zero attached hydrogens (tertiary/aromatic N) is 1. The van der Waals surface area contributed by atoms with Crippen LogP contribution in [0, 0.1) is 17.1 Å². The minimum atomic E-state index is -4.78. The molecule has 0 fully saturated rings. The van der Waals surface area contributed by atoms with Crippen LogP contribution in [0.1, 0.15) is 11.1 Å². The van der Waals surface area contributed by atoms with Crippen molar-refractivity contribution in [1.29, 1.82) is 5.26 Å². The van der Waals surface area contributed by atoms with Crippen molar-refractivity contribution >= 4 is 15.9 Å². The molecule has 0 amide bonds. The Morgan fingerprint density at radius 1 is 1.29 bits per heavy atom. The molecular weight excluding hydrogens is 266 g/mol. The van der Waals surface area contributed by atoms with E-state index in [1.54, 1.807) is 0 Å². The molecule has 0 aliphatic rings. The minimum Gasteiger partial charge on any atom is -0.206 e. The molecule has 0 heterocycles. The van der Waals surface area contributed by atoms with E-state index in [4.69, 9.17) is 5.26 Å². The van der Waals surface area contributed by atoms with Crippen molar-refractivity contribution in [1.82, 2.24) is 0 Å².